The van der Waals surface area contributed by atoms with Crippen molar-refractivity contribution in [2.45, 2.75) is 18.9 Å². The molecule has 6 heteroatoms. The number of amidine groups is 1. The minimum Gasteiger partial charge on any atom is -0.409 e. The molecule has 21 heavy (non-hydrogen) atoms. The van der Waals surface area contributed by atoms with Crippen molar-refractivity contribution in [3.63, 3.8) is 0 Å². The van der Waals surface area contributed by atoms with Gasteiger partial charge in [-0.05, 0) is 31.0 Å². The molecule has 1 aliphatic heterocycles. The Labute approximate surface area is 121 Å². The summed E-state index contributed by atoms with van der Waals surface area (Å²) in [5.41, 5.74) is 7.07. The van der Waals surface area contributed by atoms with Crippen molar-refractivity contribution in [2.75, 3.05) is 6.54 Å². The topological polar surface area (TPSA) is 91.8 Å². The number of oxime groups is 1. The molecule has 0 radical (unpaired) electrons. The highest BCUT2D eigenvalue weighted by molar-refractivity contribution is 6.07. The first-order chi connectivity index (χ1) is 10.2. The van der Waals surface area contributed by atoms with Crippen LogP contribution >= 0.6 is 0 Å². The number of nitrogens with zero attached hydrogens (tertiary/aromatic N) is 3. The second-order valence-corrected chi connectivity index (χ2v) is 5.06. The van der Waals surface area contributed by atoms with Gasteiger partial charge in [-0.25, -0.2) is 0 Å². The predicted molar refractivity (Wildman–Crippen MR) is 79.2 cm³/mol. The predicted octanol–water partition coefficient (Wildman–Crippen LogP) is 1.59. The summed E-state index contributed by atoms with van der Waals surface area (Å²) in [4.78, 5) is 18.7. The second kappa shape index (κ2) is 5.40. The molecule has 1 aromatic carbocycles. The number of nitrogens with two attached hydrogens (primary N) is 1. The molecular formula is C15H16N4O2. The zero-order valence-electron chi connectivity index (χ0n) is 11.4. The summed E-state index contributed by atoms with van der Waals surface area (Å²) in [6.45, 7) is 0.608. The molecule has 0 spiro atoms. The Kier molecular flexibility index (Phi) is 3.43. The lowest BCUT2D eigenvalue weighted by molar-refractivity contribution is 0.0770. The highest BCUT2D eigenvalue weighted by atomic mass is 16.4. The van der Waals surface area contributed by atoms with Gasteiger partial charge in [0.15, 0.2) is 5.84 Å². The fraction of sp³-hybridized carbons (Fsp3) is 0.267. The van der Waals surface area contributed by atoms with Gasteiger partial charge in [-0.1, -0.05) is 17.3 Å². The average molecular weight is 284 g/mol. The van der Waals surface area contributed by atoms with E-state index in [0.717, 1.165) is 17.3 Å². The minimum atomic E-state index is -0.338. The maximum absolute atomic E-state index is 12.8. The maximum atomic E-state index is 12.8. The van der Waals surface area contributed by atoms with Gasteiger partial charge >= 0.3 is 0 Å². The van der Waals surface area contributed by atoms with Crippen LogP contribution in [0.2, 0.25) is 0 Å². The molecule has 1 amide bonds. The Hall–Kier alpha value is -2.63. The van der Waals surface area contributed by atoms with E-state index in [1.165, 1.54) is 0 Å². The van der Waals surface area contributed by atoms with E-state index in [2.05, 4.69) is 10.1 Å². The van der Waals surface area contributed by atoms with Crippen LogP contribution < -0.4 is 5.73 Å². The Bertz CT molecular complexity index is 708. The second-order valence-electron chi connectivity index (χ2n) is 5.06. The number of pyridine rings is 1. The van der Waals surface area contributed by atoms with Crippen molar-refractivity contribution in [1.82, 2.24) is 9.88 Å². The number of aromatic nitrogens is 1. The van der Waals surface area contributed by atoms with Gasteiger partial charge in [-0.15, -0.1) is 0 Å². The van der Waals surface area contributed by atoms with Crippen molar-refractivity contribution in [3.8, 4) is 0 Å². The van der Waals surface area contributed by atoms with Gasteiger partial charge in [-0.2, -0.15) is 0 Å². The van der Waals surface area contributed by atoms with E-state index in [1.54, 1.807) is 17.2 Å². The number of carbonyl (C=O) groups excluding carboxylic acids is 1. The van der Waals surface area contributed by atoms with Gasteiger partial charge in [-0.3, -0.25) is 9.78 Å². The summed E-state index contributed by atoms with van der Waals surface area (Å²) >= 11 is 0. The van der Waals surface area contributed by atoms with Gasteiger partial charge in [0.25, 0.3) is 5.91 Å². The Morgan fingerprint density at radius 3 is 3.05 bits per heavy atom. The molecule has 0 saturated carbocycles. The highest BCUT2D eigenvalue weighted by Gasteiger charge is 2.32. The number of likely N-dealkylation sites (tertiary alicyclic amines) is 1. The molecule has 1 saturated heterocycles. The summed E-state index contributed by atoms with van der Waals surface area (Å²) in [5, 5.41) is 12.7. The molecule has 108 valence electrons. The normalized spacial score (nSPS) is 19.1. The fourth-order valence-electron chi connectivity index (χ4n) is 2.83. The van der Waals surface area contributed by atoms with E-state index in [0.29, 0.717) is 18.5 Å². The van der Waals surface area contributed by atoms with E-state index in [4.69, 9.17) is 10.9 Å². The van der Waals surface area contributed by atoms with Gasteiger partial charge in [0, 0.05) is 23.7 Å². The average Bonchev–Trinajstić information content (AvgIpc) is 3.02. The molecule has 1 aromatic heterocycles. The van der Waals surface area contributed by atoms with Crippen molar-refractivity contribution in [1.29, 1.82) is 0 Å². The molecule has 2 aromatic rings. The third-order valence-corrected chi connectivity index (χ3v) is 3.85. The first-order valence-electron chi connectivity index (χ1n) is 6.84. The van der Waals surface area contributed by atoms with Gasteiger partial charge in [0.2, 0.25) is 0 Å². The number of hydrogen-bond donors (Lipinski definition) is 2. The lowest BCUT2D eigenvalue weighted by Crippen LogP contribution is -2.43. The molecule has 6 nitrogen and oxygen atoms in total. The van der Waals surface area contributed by atoms with Crippen LogP contribution in [0.25, 0.3) is 10.9 Å². The first kappa shape index (κ1) is 13.4. The van der Waals surface area contributed by atoms with Crippen LogP contribution in [-0.4, -0.2) is 39.4 Å². The number of benzene rings is 1. The van der Waals surface area contributed by atoms with Crippen molar-refractivity contribution in [3.05, 3.63) is 42.1 Å². The van der Waals surface area contributed by atoms with Gasteiger partial charge < -0.3 is 15.8 Å². The largest absolute Gasteiger partial charge is 0.409 e. The van der Waals surface area contributed by atoms with Crippen molar-refractivity contribution in [2.24, 2.45) is 10.9 Å². The summed E-state index contributed by atoms with van der Waals surface area (Å²) in [6, 6.07) is 8.82. The summed E-state index contributed by atoms with van der Waals surface area (Å²) in [5.74, 6) is -0.0260. The molecule has 1 fully saturated rings. The highest BCUT2D eigenvalue weighted by Crippen LogP contribution is 2.24. The Morgan fingerprint density at radius 2 is 2.24 bits per heavy atom. The lowest BCUT2D eigenvalue weighted by Gasteiger charge is -2.24. The smallest absolute Gasteiger partial charge is 0.255 e. The van der Waals surface area contributed by atoms with E-state index in [9.17, 15) is 4.79 Å². The number of carbonyl (C=O) groups is 1. The molecular weight excluding hydrogens is 268 g/mol. The van der Waals surface area contributed by atoms with Crippen LogP contribution in [0.1, 0.15) is 23.2 Å². The SMILES string of the molecule is NC(=NO)C1CCCN1C(=O)c1cccc2ncccc12. The van der Waals surface area contributed by atoms with Gasteiger partial charge in [0.1, 0.15) is 0 Å². The molecule has 2 heterocycles. The first-order valence-corrected chi connectivity index (χ1v) is 6.84. The minimum absolute atomic E-state index is 0.0826. The molecule has 0 bridgehead atoms. The third kappa shape index (κ3) is 2.29. The fourth-order valence-corrected chi connectivity index (χ4v) is 2.83. The quantitative estimate of drug-likeness (QED) is 0.379. The number of hydrogen-bond acceptors (Lipinski definition) is 4. The monoisotopic (exact) mass is 284 g/mol. The standard InChI is InChI=1S/C15H16N4O2/c16-14(18-21)13-7-3-9-19(13)15(20)11-4-1-6-12-10(11)5-2-8-17-12/h1-2,4-6,8,13,21H,3,7,9H2,(H2,16,18). The van der Waals surface area contributed by atoms with Crippen molar-refractivity contribution >= 4 is 22.6 Å². The van der Waals surface area contributed by atoms with E-state index in [1.807, 2.05) is 24.3 Å². The van der Waals surface area contributed by atoms with Crippen LogP contribution in [0.15, 0.2) is 41.7 Å². The van der Waals surface area contributed by atoms with Crippen LogP contribution in [0, 0.1) is 0 Å². The molecule has 1 unspecified atom stereocenters. The lowest BCUT2D eigenvalue weighted by atomic mass is 10.1. The van der Waals surface area contributed by atoms with Crippen molar-refractivity contribution < 1.29 is 10.0 Å². The van der Waals surface area contributed by atoms with Crippen LogP contribution in [-0.2, 0) is 0 Å². The van der Waals surface area contributed by atoms with Crippen LogP contribution in [0.5, 0.6) is 0 Å². The van der Waals surface area contributed by atoms with Gasteiger partial charge in [0.05, 0.1) is 11.6 Å². The zero-order valence-corrected chi connectivity index (χ0v) is 11.4. The Morgan fingerprint density at radius 1 is 1.38 bits per heavy atom. The molecule has 1 atom stereocenters. The molecule has 3 rings (SSSR count). The number of amides is 1. The van der Waals surface area contributed by atoms with Crippen LogP contribution in [0.4, 0.5) is 0 Å². The summed E-state index contributed by atoms with van der Waals surface area (Å²) in [7, 11) is 0. The Balaban J connectivity index is 2.01. The summed E-state index contributed by atoms with van der Waals surface area (Å²) in [6.07, 6.45) is 3.26. The van der Waals surface area contributed by atoms with E-state index in [-0.39, 0.29) is 17.8 Å². The number of rotatable bonds is 2. The molecule has 0 aliphatic carbocycles. The van der Waals surface area contributed by atoms with E-state index >= 15 is 0 Å². The summed E-state index contributed by atoms with van der Waals surface area (Å²) < 4.78 is 0. The third-order valence-electron chi connectivity index (χ3n) is 3.85. The number of fused-ring (bicyclic) bond motifs is 1. The van der Waals surface area contributed by atoms with E-state index < -0.39 is 0 Å². The molecule has 3 N–H and O–H groups in total. The zero-order chi connectivity index (χ0) is 14.8. The maximum Gasteiger partial charge on any atom is 0.255 e. The molecule has 1 aliphatic rings. The van der Waals surface area contributed by atoms with Crippen LogP contribution in [0.3, 0.4) is 0 Å².